The van der Waals surface area contributed by atoms with Crippen molar-refractivity contribution in [3.8, 4) is 11.5 Å². The van der Waals surface area contributed by atoms with Gasteiger partial charge in [-0.05, 0) is 49.5 Å². The third-order valence-electron chi connectivity index (χ3n) is 4.10. The molecule has 0 bridgehead atoms. The lowest BCUT2D eigenvalue weighted by atomic mass is 10.1. The number of nitrogens with zero attached hydrogens (tertiary/aromatic N) is 1. The largest absolute Gasteiger partial charge is 0.455 e. The highest BCUT2D eigenvalue weighted by Crippen LogP contribution is 2.29. The normalized spacial score (nSPS) is 10.6. The molecule has 0 heterocycles. The van der Waals surface area contributed by atoms with Gasteiger partial charge in [0.2, 0.25) is 0 Å². The van der Waals surface area contributed by atoms with E-state index in [0.29, 0.717) is 23.7 Å². The van der Waals surface area contributed by atoms with Gasteiger partial charge in [0.05, 0.1) is 5.69 Å². The van der Waals surface area contributed by atoms with Gasteiger partial charge in [0, 0.05) is 19.2 Å². The fourth-order valence-electron chi connectivity index (χ4n) is 2.87. The molecule has 0 saturated heterocycles. The first-order valence-corrected chi connectivity index (χ1v) is 9.29. The molecule has 2 amide bonds. The Labute approximate surface area is 170 Å². The standard InChI is InChI=1S/C23H24FN3O2/c1-27(2)16-18-8-5-7-17(13-18)15-25-23(28)26-21-11-3-4-12-22(21)29-20-10-6-9-19(24)14-20/h3-14H,15-16H2,1-2H3,(H2,25,26,28). The van der Waals surface area contributed by atoms with Crippen molar-refractivity contribution in [3.63, 3.8) is 0 Å². The molecule has 0 aliphatic heterocycles. The van der Waals surface area contributed by atoms with E-state index >= 15 is 0 Å². The van der Waals surface area contributed by atoms with Crippen LogP contribution in [0.2, 0.25) is 0 Å². The Morgan fingerprint density at radius 1 is 0.966 bits per heavy atom. The van der Waals surface area contributed by atoms with Gasteiger partial charge in [0.1, 0.15) is 11.6 Å². The van der Waals surface area contributed by atoms with Crippen LogP contribution in [0.3, 0.4) is 0 Å². The number of amides is 2. The smallest absolute Gasteiger partial charge is 0.319 e. The van der Waals surface area contributed by atoms with Crippen molar-refractivity contribution in [2.24, 2.45) is 0 Å². The lowest BCUT2D eigenvalue weighted by Gasteiger charge is -2.14. The number of para-hydroxylation sites is 2. The van der Waals surface area contributed by atoms with Crippen LogP contribution in [0.1, 0.15) is 11.1 Å². The Morgan fingerprint density at radius 3 is 2.52 bits per heavy atom. The molecule has 0 aromatic heterocycles. The molecule has 0 aliphatic carbocycles. The van der Waals surface area contributed by atoms with Crippen molar-refractivity contribution in [3.05, 3.63) is 89.7 Å². The fourth-order valence-corrected chi connectivity index (χ4v) is 2.87. The second-order valence-corrected chi connectivity index (χ2v) is 6.92. The highest BCUT2D eigenvalue weighted by molar-refractivity contribution is 5.90. The Balaban J connectivity index is 1.61. The van der Waals surface area contributed by atoms with Crippen LogP contribution in [0.5, 0.6) is 11.5 Å². The maximum atomic E-state index is 13.4. The summed E-state index contributed by atoms with van der Waals surface area (Å²) in [6, 6.07) is 20.6. The molecule has 29 heavy (non-hydrogen) atoms. The quantitative estimate of drug-likeness (QED) is 0.594. The van der Waals surface area contributed by atoms with Crippen molar-refractivity contribution < 1.29 is 13.9 Å². The molecule has 0 spiro atoms. The van der Waals surface area contributed by atoms with Crippen molar-refractivity contribution in [1.29, 1.82) is 0 Å². The predicted octanol–water partition coefficient (Wildman–Crippen LogP) is 5.00. The molecule has 3 aromatic rings. The fraction of sp³-hybridized carbons (Fsp3) is 0.174. The number of nitrogens with one attached hydrogen (secondary N) is 2. The monoisotopic (exact) mass is 393 g/mol. The molecule has 2 N–H and O–H groups in total. The van der Waals surface area contributed by atoms with Gasteiger partial charge in [-0.25, -0.2) is 9.18 Å². The van der Waals surface area contributed by atoms with E-state index in [9.17, 15) is 9.18 Å². The highest BCUT2D eigenvalue weighted by Gasteiger charge is 2.09. The van der Waals surface area contributed by atoms with E-state index in [2.05, 4.69) is 27.7 Å². The number of carbonyl (C=O) groups excluding carboxylic acids is 1. The van der Waals surface area contributed by atoms with Crippen LogP contribution in [-0.2, 0) is 13.1 Å². The number of carbonyl (C=O) groups is 1. The summed E-state index contributed by atoms with van der Waals surface area (Å²) in [5.74, 6) is 0.403. The third kappa shape index (κ3) is 6.33. The summed E-state index contributed by atoms with van der Waals surface area (Å²) < 4.78 is 19.1. The number of hydrogen-bond acceptors (Lipinski definition) is 3. The van der Waals surface area contributed by atoms with Gasteiger partial charge in [-0.2, -0.15) is 0 Å². The first kappa shape index (κ1) is 20.4. The Morgan fingerprint density at radius 2 is 1.72 bits per heavy atom. The molecule has 0 atom stereocenters. The van der Waals surface area contributed by atoms with Crippen LogP contribution in [0.25, 0.3) is 0 Å². The van der Waals surface area contributed by atoms with Crippen molar-refractivity contribution in [2.75, 3.05) is 19.4 Å². The van der Waals surface area contributed by atoms with E-state index in [1.54, 1.807) is 36.4 Å². The molecule has 6 heteroatoms. The first-order chi connectivity index (χ1) is 14.0. The number of hydrogen-bond donors (Lipinski definition) is 2. The molecule has 3 rings (SSSR count). The number of anilines is 1. The zero-order chi connectivity index (χ0) is 20.6. The zero-order valence-electron chi connectivity index (χ0n) is 16.5. The Hall–Kier alpha value is -3.38. The van der Waals surface area contributed by atoms with Gasteiger partial charge in [-0.1, -0.05) is 42.5 Å². The van der Waals surface area contributed by atoms with Crippen LogP contribution in [0.4, 0.5) is 14.9 Å². The van der Waals surface area contributed by atoms with E-state index < -0.39 is 0 Å². The summed E-state index contributed by atoms with van der Waals surface area (Å²) in [7, 11) is 4.03. The molecule has 0 aliphatic rings. The summed E-state index contributed by atoms with van der Waals surface area (Å²) in [4.78, 5) is 14.5. The van der Waals surface area contributed by atoms with Gasteiger partial charge in [-0.15, -0.1) is 0 Å². The Kier molecular flexibility index (Phi) is 6.81. The van der Waals surface area contributed by atoms with Crippen molar-refractivity contribution in [1.82, 2.24) is 10.2 Å². The topological polar surface area (TPSA) is 53.6 Å². The number of urea groups is 1. The van der Waals surface area contributed by atoms with Gasteiger partial charge in [0.15, 0.2) is 5.75 Å². The average Bonchev–Trinajstić information content (AvgIpc) is 2.68. The van der Waals surface area contributed by atoms with Crippen LogP contribution >= 0.6 is 0 Å². The van der Waals surface area contributed by atoms with Gasteiger partial charge in [-0.3, -0.25) is 0 Å². The molecule has 150 valence electrons. The SMILES string of the molecule is CN(C)Cc1cccc(CNC(=O)Nc2ccccc2Oc2cccc(F)c2)c1. The van der Waals surface area contributed by atoms with Crippen molar-refractivity contribution >= 4 is 11.7 Å². The Bertz CT molecular complexity index is 976. The lowest BCUT2D eigenvalue weighted by Crippen LogP contribution is -2.28. The second kappa shape index (κ2) is 9.71. The molecule has 0 fully saturated rings. The number of ether oxygens (including phenoxy) is 1. The lowest BCUT2D eigenvalue weighted by molar-refractivity contribution is 0.251. The van der Waals surface area contributed by atoms with E-state index in [-0.39, 0.29) is 11.8 Å². The van der Waals surface area contributed by atoms with Gasteiger partial charge >= 0.3 is 6.03 Å². The number of rotatable bonds is 7. The molecule has 0 saturated carbocycles. The maximum Gasteiger partial charge on any atom is 0.319 e. The van der Waals surface area contributed by atoms with Crippen LogP contribution < -0.4 is 15.4 Å². The molecule has 5 nitrogen and oxygen atoms in total. The van der Waals surface area contributed by atoms with Crippen molar-refractivity contribution in [2.45, 2.75) is 13.1 Å². The predicted molar refractivity (Wildman–Crippen MR) is 113 cm³/mol. The number of benzene rings is 3. The summed E-state index contributed by atoms with van der Waals surface area (Å²) >= 11 is 0. The van der Waals surface area contributed by atoms with E-state index in [0.717, 1.165) is 12.1 Å². The van der Waals surface area contributed by atoms with E-state index in [1.807, 2.05) is 26.2 Å². The third-order valence-corrected chi connectivity index (χ3v) is 4.10. The number of halogens is 1. The maximum absolute atomic E-state index is 13.4. The summed E-state index contributed by atoms with van der Waals surface area (Å²) in [6.07, 6.45) is 0. The van der Waals surface area contributed by atoms with Crippen LogP contribution in [0, 0.1) is 5.82 Å². The molecule has 0 radical (unpaired) electrons. The van der Waals surface area contributed by atoms with Gasteiger partial charge < -0.3 is 20.3 Å². The van der Waals surface area contributed by atoms with Gasteiger partial charge in [0.25, 0.3) is 0 Å². The second-order valence-electron chi connectivity index (χ2n) is 6.92. The molecular formula is C23H24FN3O2. The average molecular weight is 393 g/mol. The zero-order valence-corrected chi connectivity index (χ0v) is 16.5. The minimum absolute atomic E-state index is 0.349. The summed E-state index contributed by atoms with van der Waals surface area (Å²) in [6.45, 7) is 1.24. The summed E-state index contributed by atoms with van der Waals surface area (Å²) in [5.41, 5.74) is 2.70. The van der Waals surface area contributed by atoms with E-state index in [1.165, 1.54) is 17.7 Å². The minimum Gasteiger partial charge on any atom is -0.455 e. The first-order valence-electron chi connectivity index (χ1n) is 9.29. The summed E-state index contributed by atoms with van der Waals surface area (Å²) in [5, 5.41) is 5.63. The highest BCUT2D eigenvalue weighted by atomic mass is 19.1. The van der Waals surface area contributed by atoms with Crippen LogP contribution in [-0.4, -0.2) is 25.0 Å². The van der Waals surface area contributed by atoms with Crippen LogP contribution in [0.15, 0.2) is 72.8 Å². The minimum atomic E-state index is -0.387. The van der Waals surface area contributed by atoms with E-state index in [4.69, 9.17) is 4.74 Å². The molecule has 3 aromatic carbocycles. The molecule has 0 unspecified atom stereocenters. The molecular weight excluding hydrogens is 369 g/mol.